The van der Waals surface area contributed by atoms with E-state index in [4.69, 9.17) is 9.73 Å². The van der Waals surface area contributed by atoms with Gasteiger partial charge in [-0.05, 0) is 38.2 Å². The number of ether oxygens (including phenoxy) is 1. The van der Waals surface area contributed by atoms with Crippen molar-refractivity contribution in [2.75, 3.05) is 26.2 Å². The molecule has 4 aliphatic rings. The number of aromatic nitrogens is 2. The number of aryl methyl sites for hydroxylation is 1. The molecule has 6 heteroatoms. The Balaban J connectivity index is 1.31. The number of fused-ring (bicyclic) bond motifs is 2. The maximum absolute atomic E-state index is 6.16. The number of aliphatic imine (C=N–C) groups is 1. The van der Waals surface area contributed by atoms with E-state index in [-0.39, 0.29) is 0 Å². The van der Waals surface area contributed by atoms with Gasteiger partial charge in [-0.15, -0.1) is 0 Å². The van der Waals surface area contributed by atoms with Crippen LogP contribution >= 0.6 is 0 Å². The van der Waals surface area contributed by atoms with Crippen LogP contribution in [-0.2, 0) is 11.8 Å². The minimum absolute atomic E-state index is 0.373. The monoisotopic (exact) mass is 371 g/mol. The quantitative estimate of drug-likeness (QED) is 0.655. The highest BCUT2D eigenvalue weighted by Gasteiger charge is 2.65. The molecule has 2 saturated heterocycles. The second kappa shape index (κ2) is 6.80. The number of nitrogens with one attached hydrogen (secondary N) is 1. The maximum atomic E-state index is 6.16. The third kappa shape index (κ3) is 2.79. The molecule has 148 valence electrons. The van der Waals surface area contributed by atoms with E-state index >= 15 is 0 Å². The second-order valence-electron chi connectivity index (χ2n) is 8.98. The van der Waals surface area contributed by atoms with Gasteiger partial charge in [0.05, 0.1) is 12.3 Å². The van der Waals surface area contributed by atoms with Gasteiger partial charge < -0.3 is 15.0 Å². The highest BCUT2D eigenvalue weighted by atomic mass is 16.5. The summed E-state index contributed by atoms with van der Waals surface area (Å²) < 4.78 is 8.07. The van der Waals surface area contributed by atoms with E-state index in [9.17, 15) is 0 Å². The van der Waals surface area contributed by atoms with Crippen LogP contribution in [0.3, 0.4) is 0 Å². The van der Waals surface area contributed by atoms with E-state index in [0.717, 1.165) is 32.2 Å². The van der Waals surface area contributed by atoms with Crippen LogP contribution < -0.4 is 5.32 Å². The molecule has 0 amide bonds. The van der Waals surface area contributed by atoms with Gasteiger partial charge in [0.2, 0.25) is 0 Å². The number of likely N-dealkylation sites (tertiary alicyclic amines) is 1. The van der Waals surface area contributed by atoms with Crippen LogP contribution in [0.2, 0.25) is 0 Å². The molecule has 1 aromatic rings. The van der Waals surface area contributed by atoms with Crippen molar-refractivity contribution in [3.05, 3.63) is 18.0 Å². The van der Waals surface area contributed by atoms with Crippen molar-refractivity contribution in [3.8, 4) is 0 Å². The SMILES string of the molecule is CCN=C(NC1C2CCOC2C12CCCC2)N1CCC(c2cnn(C)c2)C1. The van der Waals surface area contributed by atoms with Crippen molar-refractivity contribution in [3.63, 3.8) is 0 Å². The molecule has 2 aliphatic heterocycles. The van der Waals surface area contributed by atoms with Crippen LogP contribution in [0.5, 0.6) is 0 Å². The van der Waals surface area contributed by atoms with Crippen LogP contribution in [0.1, 0.15) is 56.9 Å². The maximum Gasteiger partial charge on any atom is 0.194 e. The summed E-state index contributed by atoms with van der Waals surface area (Å²) in [6, 6.07) is 0.551. The molecule has 6 nitrogen and oxygen atoms in total. The molecule has 1 aromatic heterocycles. The molecule has 2 aliphatic carbocycles. The van der Waals surface area contributed by atoms with E-state index in [0.29, 0.717) is 29.4 Å². The predicted octanol–water partition coefficient (Wildman–Crippen LogP) is 2.52. The Labute approximate surface area is 162 Å². The lowest BCUT2D eigenvalue weighted by molar-refractivity contribution is -0.125. The van der Waals surface area contributed by atoms with E-state index in [2.05, 4.69) is 28.4 Å². The minimum Gasteiger partial charge on any atom is -0.377 e. The van der Waals surface area contributed by atoms with Crippen molar-refractivity contribution in [1.82, 2.24) is 20.0 Å². The average molecular weight is 372 g/mol. The first-order chi connectivity index (χ1) is 13.2. The van der Waals surface area contributed by atoms with E-state index in [1.807, 2.05) is 17.9 Å². The Hall–Kier alpha value is -1.56. The molecule has 4 unspecified atom stereocenters. The van der Waals surface area contributed by atoms with Gasteiger partial charge in [-0.1, -0.05) is 12.8 Å². The zero-order chi connectivity index (χ0) is 18.4. The van der Waals surface area contributed by atoms with Gasteiger partial charge in [-0.3, -0.25) is 9.67 Å². The fourth-order valence-electron chi connectivity index (χ4n) is 6.31. The largest absolute Gasteiger partial charge is 0.377 e. The van der Waals surface area contributed by atoms with Crippen LogP contribution in [0.4, 0.5) is 0 Å². The van der Waals surface area contributed by atoms with Crippen LogP contribution in [-0.4, -0.2) is 59.0 Å². The summed E-state index contributed by atoms with van der Waals surface area (Å²) in [6.45, 7) is 6.05. The van der Waals surface area contributed by atoms with Gasteiger partial charge in [0, 0.05) is 62.8 Å². The van der Waals surface area contributed by atoms with Gasteiger partial charge in [0.1, 0.15) is 0 Å². The van der Waals surface area contributed by atoms with Gasteiger partial charge in [-0.2, -0.15) is 5.10 Å². The number of hydrogen-bond acceptors (Lipinski definition) is 3. The minimum atomic E-state index is 0.373. The fourth-order valence-corrected chi connectivity index (χ4v) is 6.31. The smallest absolute Gasteiger partial charge is 0.194 e. The molecular formula is C21H33N5O. The van der Waals surface area contributed by atoms with Gasteiger partial charge in [0.25, 0.3) is 0 Å². The van der Waals surface area contributed by atoms with Gasteiger partial charge >= 0.3 is 0 Å². The zero-order valence-corrected chi connectivity index (χ0v) is 16.7. The second-order valence-corrected chi connectivity index (χ2v) is 8.98. The third-order valence-corrected chi connectivity index (χ3v) is 7.56. The van der Waals surface area contributed by atoms with Crippen molar-refractivity contribution < 1.29 is 4.74 Å². The first-order valence-electron chi connectivity index (χ1n) is 10.9. The number of rotatable bonds is 3. The summed E-state index contributed by atoms with van der Waals surface area (Å²) >= 11 is 0. The average Bonchev–Trinajstić information content (AvgIpc) is 3.44. The Morgan fingerprint density at radius 3 is 2.96 bits per heavy atom. The summed E-state index contributed by atoms with van der Waals surface area (Å²) in [7, 11) is 2.00. The Morgan fingerprint density at radius 2 is 2.22 bits per heavy atom. The van der Waals surface area contributed by atoms with Gasteiger partial charge in [-0.25, -0.2) is 0 Å². The molecule has 3 heterocycles. The Morgan fingerprint density at radius 1 is 1.37 bits per heavy atom. The first-order valence-corrected chi connectivity index (χ1v) is 10.9. The molecule has 0 aromatic carbocycles. The molecule has 4 fully saturated rings. The molecule has 1 N–H and O–H groups in total. The van der Waals surface area contributed by atoms with E-state index in [1.54, 1.807) is 0 Å². The summed E-state index contributed by atoms with van der Waals surface area (Å²) in [5.74, 6) is 2.37. The highest BCUT2D eigenvalue weighted by molar-refractivity contribution is 5.81. The normalized spacial score (nSPS) is 34.9. The third-order valence-electron chi connectivity index (χ3n) is 7.56. The first kappa shape index (κ1) is 17.5. The Kier molecular flexibility index (Phi) is 4.42. The lowest BCUT2D eigenvalue weighted by Crippen LogP contribution is -2.69. The van der Waals surface area contributed by atoms with Crippen molar-refractivity contribution in [2.45, 2.75) is 63.5 Å². The molecule has 2 saturated carbocycles. The lowest BCUT2D eigenvalue weighted by atomic mass is 9.54. The number of hydrogen-bond donors (Lipinski definition) is 1. The topological polar surface area (TPSA) is 54.7 Å². The molecule has 4 atom stereocenters. The van der Waals surface area contributed by atoms with Crippen molar-refractivity contribution >= 4 is 5.96 Å². The molecular weight excluding hydrogens is 338 g/mol. The van der Waals surface area contributed by atoms with Crippen LogP contribution in [0, 0.1) is 11.3 Å². The van der Waals surface area contributed by atoms with E-state index < -0.39 is 0 Å². The fraction of sp³-hybridized carbons (Fsp3) is 0.810. The molecule has 0 radical (unpaired) electrons. The number of guanidine groups is 1. The molecule has 1 spiro atoms. The standard InChI is InChI=1S/C21H33N5O/c1-3-22-20(26-10-6-15(14-26)16-12-23-25(2)13-16)24-18-17-7-11-27-19(17)21(18)8-4-5-9-21/h12-13,15,17-19H,3-11,14H2,1-2H3,(H,22,24). The Bertz CT molecular complexity index is 707. The summed E-state index contributed by atoms with van der Waals surface area (Å²) in [5, 5.41) is 8.31. The van der Waals surface area contributed by atoms with E-state index in [1.165, 1.54) is 44.1 Å². The highest BCUT2D eigenvalue weighted by Crippen LogP contribution is 2.60. The van der Waals surface area contributed by atoms with Crippen LogP contribution in [0.15, 0.2) is 17.4 Å². The molecule has 5 rings (SSSR count). The zero-order valence-electron chi connectivity index (χ0n) is 16.7. The summed E-state index contributed by atoms with van der Waals surface area (Å²) in [6.07, 6.45) is 12.4. The summed E-state index contributed by atoms with van der Waals surface area (Å²) in [5.41, 5.74) is 1.73. The van der Waals surface area contributed by atoms with Crippen LogP contribution in [0.25, 0.3) is 0 Å². The predicted molar refractivity (Wildman–Crippen MR) is 106 cm³/mol. The molecule has 0 bridgehead atoms. The number of nitrogens with zero attached hydrogens (tertiary/aromatic N) is 4. The van der Waals surface area contributed by atoms with Gasteiger partial charge in [0.15, 0.2) is 5.96 Å². The van der Waals surface area contributed by atoms with Crippen molar-refractivity contribution in [1.29, 1.82) is 0 Å². The lowest BCUT2D eigenvalue weighted by Gasteiger charge is -2.57. The molecule has 27 heavy (non-hydrogen) atoms. The summed E-state index contributed by atoms with van der Waals surface area (Å²) in [4.78, 5) is 7.38. The van der Waals surface area contributed by atoms with Crippen molar-refractivity contribution in [2.24, 2.45) is 23.4 Å².